The highest BCUT2D eigenvalue weighted by Gasteiger charge is 1.90. The monoisotopic (exact) mass is 215 g/mol. The topological polar surface area (TPSA) is 31.4 Å². The Morgan fingerprint density at radius 1 is 1.00 bits per heavy atom. The van der Waals surface area contributed by atoms with Crippen molar-refractivity contribution in [1.82, 2.24) is 4.98 Å². The van der Waals surface area contributed by atoms with Gasteiger partial charge in [-0.25, -0.2) is 0 Å². The fourth-order valence-corrected chi connectivity index (χ4v) is 0.911. The lowest BCUT2D eigenvalue weighted by Gasteiger charge is -1.92. The molecular formula is C13H13NO2. The molecule has 0 amide bonds. The van der Waals surface area contributed by atoms with Crippen molar-refractivity contribution < 1.29 is 9.47 Å². The van der Waals surface area contributed by atoms with Crippen LogP contribution in [0.15, 0.2) is 18.5 Å². The van der Waals surface area contributed by atoms with Gasteiger partial charge >= 0.3 is 0 Å². The molecule has 0 atom stereocenters. The van der Waals surface area contributed by atoms with E-state index in [1.807, 2.05) is 19.9 Å². The number of hydrogen-bond donors (Lipinski definition) is 0. The van der Waals surface area contributed by atoms with Crippen molar-refractivity contribution in [2.24, 2.45) is 0 Å². The second-order valence-electron chi connectivity index (χ2n) is 2.78. The van der Waals surface area contributed by atoms with E-state index in [-0.39, 0.29) is 0 Å². The molecule has 0 aliphatic heterocycles. The zero-order chi connectivity index (χ0) is 11.6. The van der Waals surface area contributed by atoms with Crippen LogP contribution in [-0.4, -0.2) is 18.2 Å². The molecule has 0 fully saturated rings. The van der Waals surface area contributed by atoms with Gasteiger partial charge < -0.3 is 9.47 Å². The Hall–Kier alpha value is -2.13. The van der Waals surface area contributed by atoms with Crippen molar-refractivity contribution in [3.8, 4) is 24.1 Å². The third-order valence-electron chi connectivity index (χ3n) is 1.56. The maximum atomic E-state index is 4.93. The molecule has 0 spiro atoms. The molecule has 0 aromatic carbocycles. The SMILES string of the molecule is CCOC#Cc1cncc(C#COCC)c1. The first-order chi connectivity index (χ1) is 7.86. The number of hydrogen-bond acceptors (Lipinski definition) is 3. The molecular weight excluding hydrogens is 202 g/mol. The van der Waals surface area contributed by atoms with Crippen LogP contribution < -0.4 is 0 Å². The molecule has 1 aromatic rings. The highest BCUT2D eigenvalue weighted by Crippen LogP contribution is 1.99. The average Bonchev–Trinajstić information content (AvgIpc) is 2.30. The van der Waals surface area contributed by atoms with Crippen LogP contribution in [0.25, 0.3) is 0 Å². The number of ether oxygens (including phenoxy) is 2. The summed E-state index contributed by atoms with van der Waals surface area (Å²) in [6.07, 6.45) is 8.48. The van der Waals surface area contributed by atoms with Gasteiger partial charge in [-0.1, -0.05) is 0 Å². The number of pyridine rings is 1. The van der Waals surface area contributed by atoms with Crippen LogP contribution in [0.4, 0.5) is 0 Å². The lowest BCUT2D eigenvalue weighted by molar-refractivity contribution is 0.299. The van der Waals surface area contributed by atoms with Crippen LogP contribution in [0.5, 0.6) is 0 Å². The van der Waals surface area contributed by atoms with Crippen molar-refractivity contribution >= 4 is 0 Å². The molecule has 0 saturated carbocycles. The number of rotatable bonds is 2. The van der Waals surface area contributed by atoms with Gasteiger partial charge in [0.25, 0.3) is 0 Å². The summed E-state index contributed by atoms with van der Waals surface area (Å²) in [5.74, 6) is 5.67. The Morgan fingerprint density at radius 2 is 1.50 bits per heavy atom. The maximum absolute atomic E-state index is 4.93. The van der Waals surface area contributed by atoms with Crippen molar-refractivity contribution in [2.45, 2.75) is 13.8 Å². The molecule has 0 N–H and O–H groups in total. The fraction of sp³-hybridized carbons (Fsp3) is 0.308. The molecule has 1 rings (SSSR count). The minimum Gasteiger partial charge on any atom is -0.447 e. The van der Waals surface area contributed by atoms with Gasteiger partial charge in [-0.15, -0.1) is 0 Å². The predicted octanol–water partition coefficient (Wildman–Crippen LogP) is 1.77. The Morgan fingerprint density at radius 3 is 1.94 bits per heavy atom. The fourth-order valence-electron chi connectivity index (χ4n) is 0.911. The first-order valence-corrected chi connectivity index (χ1v) is 5.07. The van der Waals surface area contributed by atoms with Crippen molar-refractivity contribution in [3.05, 3.63) is 29.6 Å². The van der Waals surface area contributed by atoms with Crippen molar-refractivity contribution in [3.63, 3.8) is 0 Å². The standard InChI is InChI=1S/C13H13NO2/c1-3-15-7-5-12-9-13(11-14-10-12)6-8-16-4-2/h9-11H,3-4H2,1-2H3. The van der Waals surface area contributed by atoms with E-state index < -0.39 is 0 Å². The first-order valence-electron chi connectivity index (χ1n) is 5.07. The number of nitrogens with zero attached hydrogens (tertiary/aromatic N) is 1. The van der Waals surface area contributed by atoms with Crippen LogP contribution >= 0.6 is 0 Å². The van der Waals surface area contributed by atoms with Crippen LogP contribution in [0, 0.1) is 24.1 Å². The molecule has 1 aromatic heterocycles. The van der Waals surface area contributed by atoms with E-state index in [4.69, 9.17) is 9.47 Å². The summed E-state index contributed by atoms with van der Waals surface area (Å²) in [6.45, 7) is 4.92. The molecule has 0 unspecified atom stereocenters. The summed E-state index contributed by atoms with van der Waals surface area (Å²) in [6, 6.07) is 1.84. The average molecular weight is 215 g/mol. The minimum atomic E-state index is 0.574. The second-order valence-corrected chi connectivity index (χ2v) is 2.78. The third-order valence-corrected chi connectivity index (χ3v) is 1.56. The summed E-state index contributed by atoms with van der Waals surface area (Å²) in [7, 11) is 0. The van der Waals surface area contributed by atoms with Gasteiger partial charge in [0.2, 0.25) is 0 Å². The lowest BCUT2D eigenvalue weighted by Crippen LogP contribution is -1.84. The van der Waals surface area contributed by atoms with Gasteiger partial charge in [0.1, 0.15) is 12.2 Å². The van der Waals surface area contributed by atoms with Crippen LogP contribution in [0.3, 0.4) is 0 Å². The molecule has 0 bridgehead atoms. The zero-order valence-electron chi connectivity index (χ0n) is 9.41. The Kier molecular flexibility index (Phi) is 5.37. The van der Waals surface area contributed by atoms with Gasteiger partial charge in [0.15, 0.2) is 0 Å². The van der Waals surface area contributed by atoms with E-state index in [9.17, 15) is 0 Å². The van der Waals surface area contributed by atoms with Crippen LogP contribution in [0.1, 0.15) is 25.0 Å². The summed E-state index contributed by atoms with van der Waals surface area (Å²) in [5.41, 5.74) is 1.55. The van der Waals surface area contributed by atoms with E-state index in [0.717, 1.165) is 11.1 Å². The molecule has 0 aliphatic carbocycles. The predicted molar refractivity (Wildman–Crippen MR) is 61.2 cm³/mol. The normalized spacial score (nSPS) is 8.12. The van der Waals surface area contributed by atoms with Gasteiger partial charge in [-0.05, 0) is 31.8 Å². The molecule has 0 saturated heterocycles. The largest absolute Gasteiger partial charge is 0.447 e. The summed E-state index contributed by atoms with van der Waals surface area (Å²) >= 11 is 0. The molecule has 16 heavy (non-hydrogen) atoms. The van der Waals surface area contributed by atoms with E-state index in [2.05, 4.69) is 29.0 Å². The highest BCUT2D eigenvalue weighted by molar-refractivity contribution is 5.39. The smallest absolute Gasteiger partial charge is 0.115 e. The van der Waals surface area contributed by atoms with Crippen molar-refractivity contribution in [2.75, 3.05) is 13.2 Å². The van der Waals surface area contributed by atoms with E-state index >= 15 is 0 Å². The second kappa shape index (κ2) is 7.20. The zero-order valence-corrected chi connectivity index (χ0v) is 9.41. The summed E-state index contributed by atoms with van der Waals surface area (Å²) < 4.78 is 9.85. The minimum absolute atomic E-state index is 0.574. The Bertz CT molecular complexity index is 407. The van der Waals surface area contributed by atoms with Crippen molar-refractivity contribution in [1.29, 1.82) is 0 Å². The Balaban J connectivity index is 2.73. The molecule has 3 nitrogen and oxygen atoms in total. The van der Waals surface area contributed by atoms with Crippen LogP contribution in [-0.2, 0) is 9.47 Å². The summed E-state index contributed by atoms with van der Waals surface area (Å²) in [5, 5.41) is 0. The van der Waals surface area contributed by atoms with E-state index in [1.54, 1.807) is 12.4 Å². The highest BCUT2D eigenvalue weighted by atomic mass is 16.5. The quantitative estimate of drug-likeness (QED) is 0.704. The molecule has 3 heteroatoms. The van der Waals surface area contributed by atoms with Crippen LogP contribution in [0.2, 0.25) is 0 Å². The molecule has 0 radical (unpaired) electrons. The Labute approximate surface area is 95.8 Å². The lowest BCUT2D eigenvalue weighted by atomic mass is 10.2. The van der Waals surface area contributed by atoms with E-state index in [1.165, 1.54) is 0 Å². The molecule has 82 valence electrons. The number of aromatic nitrogens is 1. The maximum Gasteiger partial charge on any atom is 0.115 e. The molecule has 0 aliphatic rings. The summed E-state index contributed by atoms with van der Waals surface area (Å²) in [4.78, 5) is 4.03. The van der Waals surface area contributed by atoms with Gasteiger partial charge in [-0.2, -0.15) is 0 Å². The third kappa shape index (κ3) is 4.39. The van der Waals surface area contributed by atoms with Gasteiger partial charge in [0, 0.05) is 23.5 Å². The van der Waals surface area contributed by atoms with Gasteiger partial charge in [0.05, 0.1) is 13.2 Å². The first kappa shape index (κ1) is 11.9. The van der Waals surface area contributed by atoms with E-state index in [0.29, 0.717) is 13.2 Å². The molecule has 1 heterocycles. The van der Waals surface area contributed by atoms with Gasteiger partial charge in [-0.3, -0.25) is 4.98 Å².